The number of likely N-dealkylation sites (tertiary alicyclic amines) is 1. The quantitative estimate of drug-likeness (QED) is 0.670. The van der Waals surface area contributed by atoms with Gasteiger partial charge in [0.1, 0.15) is 15.7 Å². The molecule has 0 spiro atoms. The second-order valence-electron chi connectivity index (χ2n) is 6.33. The van der Waals surface area contributed by atoms with Gasteiger partial charge < -0.3 is 10.3 Å². The number of nitrogens with zero attached hydrogens (tertiary/aromatic N) is 2. The first kappa shape index (κ1) is 24.2. The third-order valence-corrected chi connectivity index (χ3v) is 5.10. The van der Waals surface area contributed by atoms with Gasteiger partial charge >= 0.3 is 0 Å². The van der Waals surface area contributed by atoms with Crippen molar-refractivity contribution >= 4 is 40.6 Å². The van der Waals surface area contributed by atoms with E-state index in [-0.39, 0.29) is 48.9 Å². The van der Waals surface area contributed by atoms with Gasteiger partial charge in [0.2, 0.25) is 5.91 Å². The van der Waals surface area contributed by atoms with Crippen molar-refractivity contribution in [3.63, 3.8) is 0 Å². The maximum atomic E-state index is 12.0. The van der Waals surface area contributed by atoms with E-state index in [9.17, 15) is 13.2 Å². The van der Waals surface area contributed by atoms with Crippen molar-refractivity contribution < 1.29 is 13.2 Å². The monoisotopic (exact) mass is 414 g/mol. The number of amides is 1. The number of hydrogen-bond acceptors (Lipinski definition) is 5. The Kier molecular flexibility index (Phi) is 10.6. The molecule has 146 valence electrons. The Balaban J connectivity index is 0.00000288. The number of aromatic nitrogens is 2. The smallest absolute Gasteiger partial charge is 0.221 e. The molecule has 0 radical (unpaired) electrons. The molecule has 0 saturated carbocycles. The fraction of sp³-hybridized carbons (Fsp3) is 0.733. The highest BCUT2D eigenvalue weighted by Gasteiger charge is 2.33. The number of nitrogens with one attached hydrogen (secondary N) is 2. The molecule has 2 N–H and O–H groups in total. The summed E-state index contributed by atoms with van der Waals surface area (Å²) in [5.74, 6) is 1.04. The fourth-order valence-corrected chi connectivity index (χ4v) is 3.63. The molecule has 25 heavy (non-hydrogen) atoms. The molecule has 2 rings (SSSR count). The third-order valence-electron chi connectivity index (χ3n) is 4.15. The van der Waals surface area contributed by atoms with Crippen molar-refractivity contribution in [3.05, 3.63) is 18.2 Å². The molecule has 10 heteroatoms. The molecule has 1 aromatic rings. The van der Waals surface area contributed by atoms with Crippen LogP contribution in [-0.2, 0) is 21.2 Å². The summed E-state index contributed by atoms with van der Waals surface area (Å²) >= 11 is 0. The maximum absolute atomic E-state index is 12.0. The number of carbonyl (C=O) groups is 1. The predicted octanol–water partition coefficient (Wildman–Crippen LogP) is 1.40. The summed E-state index contributed by atoms with van der Waals surface area (Å²) in [6.07, 6.45) is 6.84. The molecule has 1 aliphatic heterocycles. The van der Waals surface area contributed by atoms with E-state index >= 15 is 0 Å². The lowest BCUT2D eigenvalue weighted by molar-refractivity contribution is -0.121. The van der Waals surface area contributed by atoms with E-state index in [2.05, 4.69) is 27.1 Å². The highest BCUT2D eigenvalue weighted by Crippen LogP contribution is 2.23. The standard InChI is InChI=1S/C15H26N4O3S.2ClH/c1-3-4-12-9-19(11-14-16-6-7-17-14)10-13(12)18-15(20)5-8-23(2,21)22;;/h6-7,12-13H,3-5,8-11H2,1-2H3,(H,16,17)(H,18,20);2*1H/t12-,13-;;/m0../s1. The topological polar surface area (TPSA) is 95.2 Å². The van der Waals surface area contributed by atoms with Gasteiger partial charge in [-0.2, -0.15) is 0 Å². The highest BCUT2D eigenvalue weighted by molar-refractivity contribution is 7.90. The summed E-state index contributed by atoms with van der Waals surface area (Å²) in [4.78, 5) is 21.6. The van der Waals surface area contributed by atoms with Crippen LogP contribution in [0.5, 0.6) is 0 Å². The summed E-state index contributed by atoms with van der Waals surface area (Å²) < 4.78 is 22.3. The number of imidazole rings is 1. The van der Waals surface area contributed by atoms with E-state index in [0.29, 0.717) is 5.92 Å². The van der Waals surface area contributed by atoms with Gasteiger partial charge in [-0.25, -0.2) is 13.4 Å². The van der Waals surface area contributed by atoms with Crippen LogP contribution in [-0.4, -0.2) is 60.3 Å². The van der Waals surface area contributed by atoms with Crippen molar-refractivity contribution in [3.8, 4) is 0 Å². The van der Waals surface area contributed by atoms with E-state index in [1.807, 2.05) is 0 Å². The molecule has 1 aliphatic rings. The van der Waals surface area contributed by atoms with Gasteiger partial charge in [0.15, 0.2) is 0 Å². The summed E-state index contributed by atoms with van der Waals surface area (Å²) in [5, 5.41) is 3.02. The Morgan fingerprint density at radius 1 is 1.40 bits per heavy atom. The number of hydrogen-bond donors (Lipinski definition) is 2. The van der Waals surface area contributed by atoms with Crippen LogP contribution in [0, 0.1) is 5.92 Å². The second-order valence-corrected chi connectivity index (χ2v) is 8.59. The van der Waals surface area contributed by atoms with E-state index in [0.717, 1.165) is 44.6 Å². The minimum absolute atomic E-state index is 0. The average molecular weight is 415 g/mol. The van der Waals surface area contributed by atoms with Crippen LogP contribution in [0.1, 0.15) is 32.0 Å². The van der Waals surface area contributed by atoms with E-state index < -0.39 is 9.84 Å². The molecule has 0 aromatic carbocycles. The fourth-order valence-electron chi connectivity index (χ4n) is 3.07. The summed E-state index contributed by atoms with van der Waals surface area (Å²) in [5.41, 5.74) is 0. The minimum atomic E-state index is -3.11. The molecule has 0 bridgehead atoms. The zero-order chi connectivity index (χ0) is 16.9. The number of H-pyrrole nitrogens is 1. The van der Waals surface area contributed by atoms with Gasteiger partial charge in [-0.05, 0) is 12.3 Å². The van der Waals surface area contributed by atoms with Crippen LogP contribution in [0.25, 0.3) is 0 Å². The second kappa shape index (κ2) is 11.0. The highest BCUT2D eigenvalue weighted by atomic mass is 35.5. The summed E-state index contributed by atoms with van der Waals surface area (Å²) in [6, 6.07) is 0.0805. The van der Waals surface area contributed by atoms with E-state index in [1.54, 1.807) is 12.4 Å². The van der Waals surface area contributed by atoms with E-state index in [1.165, 1.54) is 0 Å². The molecule has 1 aromatic heterocycles. The van der Waals surface area contributed by atoms with Gasteiger partial charge in [-0.15, -0.1) is 24.8 Å². The maximum Gasteiger partial charge on any atom is 0.221 e. The lowest BCUT2D eigenvalue weighted by Crippen LogP contribution is -2.41. The summed E-state index contributed by atoms with van der Waals surface area (Å²) in [7, 11) is -3.11. The number of sulfone groups is 1. The SMILES string of the molecule is CCC[C@H]1CN(Cc2ncc[nH]2)C[C@@H]1NC(=O)CCS(C)(=O)=O.Cl.Cl. The van der Waals surface area contributed by atoms with E-state index in [4.69, 9.17) is 0 Å². The Morgan fingerprint density at radius 2 is 2.12 bits per heavy atom. The first-order valence-corrected chi connectivity index (χ1v) is 10.1. The molecular formula is C15H28Cl2N4O3S. The number of rotatable bonds is 8. The molecule has 1 amide bonds. The van der Waals surface area contributed by atoms with Crippen molar-refractivity contribution in [1.29, 1.82) is 0 Å². The number of halogens is 2. The lowest BCUT2D eigenvalue weighted by atomic mass is 9.98. The first-order valence-electron chi connectivity index (χ1n) is 8.05. The van der Waals surface area contributed by atoms with Crippen LogP contribution < -0.4 is 5.32 Å². The van der Waals surface area contributed by atoms with Gasteiger partial charge in [-0.1, -0.05) is 13.3 Å². The normalized spacial score (nSPS) is 20.6. The van der Waals surface area contributed by atoms with Crippen LogP contribution in [0.4, 0.5) is 0 Å². The zero-order valence-corrected chi connectivity index (χ0v) is 17.1. The van der Waals surface area contributed by atoms with Crippen molar-refractivity contribution in [2.75, 3.05) is 25.1 Å². The van der Waals surface area contributed by atoms with Crippen LogP contribution in [0.2, 0.25) is 0 Å². The number of aromatic amines is 1. The molecule has 0 aliphatic carbocycles. The Labute approximate surface area is 162 Å². The molecular weight excluding hydrogens is 387 g/mol. The average Bonchev–Trinajstić information content (AvgIpc) is 3.08. The van der Waals surface area contributed by atoms with Crippen molar-refractivity contribution in [2.45, 2.75) is 38.8 Å². The van der Waals surface area contributed by atoms with Gasteiger partial charge in [0.05, 0.1) is 12.3 Å². The molecule has 1 fully saturated rings. The first-order chi connectivity index (χ1) is 10.9. The van der Waals surface area contributed by atoms with Crippen LogP contribution in [0.3, 0.4) is 0 Å². The van der Waals surface area contributed by atoms with Gasteiger partial charge in [0.25, 0.3) is 0 Å². The Morgan fingerprint density at radius 3 is 2.68 bits per heavy atom. The molecule has 1 saturated heterocycles. The van der Waals surface area contributed by atoms with Gasteiger partial charge in [-0.3, -0.25) is 9.69 Å². The lowest BCUT2D eigenvalue weighted by Gasteiger charge is -2.19. The van der Waals surface area contributed by atoms with Crippen molar-refractivity contribution in [1.82, 2.24) is 20.2 Å². The molecule has 7 nitrogen and oxygen atoms in total. The predicted molar refractivity (Wildman–Crippen MR) is 103 cm³/mol. The minimum Gasteiger partial charge on any atom is -0.352 e. The molecule has 2 heterocycles. The molecule has 2 atom stereocenters. The number of carbonyl (C=O) groups excluding carboxylic acids is 1. The Bertz CT molecular complexity index is 610. The van der Waals surface area contributed by atoms with Crippen LogP contribution in [0.15, 0.2) is 12.4 Å². The largest absolute Gasteiger partial charge is 0.352 e. The summed E-state index contributed by atoms with van der Waals surface area (Å²) in [6.45, 7) is 4.57. The third kappa shape index (κ3) is 8.40. The van der Waals surface area contributed by atoms with Crippen molar-refractivity contribution in [2.24, 2.45) is 5.92 Å². The zero-order valence-electron chi connectivity index (χ0n) is 14.6. The van der Waals surface area contributed by atoms with Crippen LogP contribution >= 0.6 is 24.8 Å². The molecule has 0 unspecified atom stereocenters. The Hall–Kier alpha value is -0.830. The van der Waals surface area contributed by atoms with Gasteiger partial charge in [0, 0.05) is 44.2 Å².